The zero-order valence-corrected chi connectivity index (χ0v) is 24.5. The molecule has 0 aliphatic heterocycles. The third-order valence-electron chi connectivity index (χ3n) is 7.02. The molecule has 2 atom stereocenters. The molecule has 0 unspecified atom stereocenters. The minimum absolute atomic E-state index is 0.0577. The summed E-state index contributed by atoms with van der Waals surface area (Å²) in [6.45, 7) is 0. The lowest BCUT2D eigenvalue weighted by Gasteiger charge is -2.15. The highest BCUT2D eigenvalue weighted by Crippen LogP contribution is 2.23. The number of H-pyrrole nitrogens is 2. The molecule has 3 aromatic heterocycles. The first-order chi connectivity index (χ1) is 20.6. The number of carboxylic acids is 2. The van der Waals surface area contributed by atoms with Crippen LogP contribution in [0.25, 0.3) is 31.9 Å². The summed E-state index contributed by atoms with van der Waals surface area (Å²) in [6, 6.07) is 20.6. The number of sulfonamides is 1. The lowest BCUT2D eigenvalue weighted by atomic mass is 10.1. The van der Waals surface area contributed by atoms with Crippen molar-refractivity contribution in [3.63, 3.8) is 0 Å². The minimum Gasteiger partial charge on any atom is -0.480 e. The summed E-state index contributed by atoms with van der Waals surface area (Å²) < 4.78 is 28.6. The number of nitrogens with one attached hydrogen (secondary N) is 3. The van der Waals surface area contributed by atoms with Crippen LogP contribution in [0.15, 0.2) is 90.6 Å². The smallest absolute Gasteiger partial charge is 0.322 e. The van der Waals surface area contributed by atoms with E-state index in [2.05, 4.69) is 14.7 Å². The molecular weight excluding hydrogens is 588 g/mol. The third-order valence-corrected chi connectivity index (χ3v) is 9.28. The first-order valence-electron chi connectivity index (χ1n) is 13.4. The van der Waals surface area contributed by atoms with Crippen molar-refractivity contribution in [3.8, 4) is 0 Å². The Balaban J connectivity index is 0.000000207. The van der Waals surface area contributed by atoms with Gasteiger partial charge in [0.25, 0.3) is 0 Å². The predicted molar refractivity (Wildman–Crippen MR) is 169 cm³/mol. The van der Waals surface area contributed by atoms with Crippen LogP contribution in [0, 0.1) is 0 Å². The molecule has 0 aliphatic carbocycles. The van der Waals surface area contributed by atoms with Crippen molar-refractivity contribution >= 4 is 65.2 Å². The number of fused-ring (bicyclic) bond motifs is 3. The van der Waals surface area contributed by atoms with Crippen molar-refractivity contribution in [2.45, 2.75) is 30.7 Å². The highest BCUT2D eigenvalue weighted by Gasteiger charge is 2.25. The van der Waals surface area contributed by atoms with E-state index in [0.29, 0.717) is 12.0 Å². The Morgan fingerprint density at radius 1 is 0.837 bits per heavy atom. The fourth-order valence-corrected chi connectivity index (χ4v) is 7.00. The van der Waals surface area contributed by atoms with Gasteiger partial charge in [0.05, 0.1) is 5.75 Å². The zero-order valence-electron chi connectivity index (χ0n) is 22.9. The molecule has 0 amide bonds. The molecule has 43 heavy (non-hydrogen) atoms. The zero-order chi connectivity index (χ0) is 30.6. The normalized spacial score (nSPS) is 13.0. The van der Waals surface area contributed by atoms with Gasteiger partial charge in [-0.15, -0.1) is 11.3 Å². The summed E-state index contributed by atoms with van der Waals surface area (Å²) in [6.07, 6.45) is 3.94. The number of hydrogen-bond acceptors (Lipinski definition) is 6. The van der Waals surface area contributed by atoms with Crippen LogP contribution in [0.4, 0.5) is 0 Å². The van der Waals surface area contributed by atoms with E-state index in [0.717, 1.165) is 43.0 Å². The number of aromatic nitrogens is 2. The van der Waals surface area contributed by atoms with Crippen molar-refractivity contribution in [1.82, 2.24) is 14.7 Å². The Hall–Kier alpha value is -4.49. The quantitative estimate of drug-likeness (QED) is 0.130. The van der Waals surface area contributed by atoms with Crippen LogP contribution in [0.5, 0.6) is 0 Å². The molecule has 6 aromatic rings. The molecule has 6 rings (SSSR count). The second kappa shape index (κ2) is 12.8. The van der Waals surface area contributed by atoms with Crippen LogP contribution >= 0.6 is 11.3 Å². The Kier molecular flexibility index (Phi) is 8.92. The Bertz CT molecular complexity index is 2010. The summed E-state index contributed by atoms with van der Waals surface area (Å²) in [5.41, 5.74) is 9.69. The van der Waals surface area contributed by atoms with E-state index in [4.69, 9.17) is 10.8 Å². The number of hydrogen-bond donors (Lipinski definition) is 6. The number of thiophene rings is 1. The molecule has 0 saturated heterocycles. The van der Waals surface area contributed by atoms with Gasteiger partial charge in [0.15, 0.2) is 0 Å². The van der Waals surface area contributed by atoms with Gasteiger partial charge in [0.1, 0.15) is 12.1 Å². The molecule has 0 aliphatic rings. The Morgan fingerprint density at radius 2 is 1.44 bits per heavy atom. The monoisotopic (exact) mass is 618 g/mol. The van der Waals surface area contributed by atoms with E-state index in [1.54, 1.807) is 23.6 Å². The lowest BCUT2D eigenvalue weighted by molar-refractivity contribution is -0.139. The van der Waals surface area contributed by atoms with Crippen LogP contribution in [0.1, 0.15) is 16.7 Å². The van der Waals surface area contributed by atoms with Crippen LogP contribution in [0.3, 0.4) is 0 Å². The first-order valence-corrected chi connectivity index (χ1v) is 15.9. The van der Waals surface area contributed by atoms with Crippen LogP contribution in [-0.2, 0) is 38.2 Å². The van der Waals surface area contributed by atoms with Crippen LogP contribution < -0.4 is 10.5 Å². The lowest BCUT2D eigenvalue weighted by Crippen LogP contribution is -2.42. The fourth-order valence-electron chi connectivity index (χ4n) is 4.91. The van der Waals surface area contributed by atoms with Gasteiger partial charge in [-0.05, 0) is 57.8 Å². The molecule has 7 N–H and O–H groups in total. The van der Waals surface area contributed by atoms with Gasteiger partial charge in [-0.2, -0.15) is 0 Å². The molecule has 0 fully saturated rings. The van der Waals surface area contributed by atoms with Crippen molar-refractivity contribution in [1.29, 1.82) is 0 Å². The van der Waals surface area contributed by atoms with E-state index >= 15 is 0 Å². The largest absolute Gasteiger partial charge is 0.480 e. The van der Waals surface area contributed by atoms with Crippen molar-refractivity contribution in [2.75, 3.05) is 0 Å². The average molecular weight is 619 g/mol. The summed E-state index contributed by atoms with van der Waals surface area (Å²) in [5.74, 6) is -2.45. The number of para-hydroxylation sites is 2. The molecule has 12 heteroatoms. The summed E-state index contributed by atoms with van der Waals surface area (Å²) in [7, 11) is -3.82. The fraction of sp³-hybridized carbons (Fsp3) is 0.161. The second-order valence-corrected chi connectivity index (χ2v) is 12.8. The van der Waals surface area contributed by atoms with Gasteiger partial charge in [-0.25, -0.2) is 13.1 Å². The number of aliphatic carboxylic acids is 2. The first kappa shape index (κ1) is 30.0. The molecule has 0 bridgehead atoms. The SMILES string of the molecule is N[C@H](Cc1c[nH]c2ccccc12)C(=O)O.O=C(O)[C@@H](Cc1c[nH]c2ccccc12)NS(=O)(=O)Cc1ccc2sccc2c1. The number of carboxylic acid groups (broad SMARTS) is 2. The Labute approximate surface area is 251 Å². The van der Waals surface area contributed by atoms with Crippen molar-refractivity contribution in [3.05, 3.63) is 107 Å². The molecule has 222 valence electrons. The maximum Gasteiger partial charge on any atom is 0.322 e. The Morgan fingerprint density at radius 3 is 2.05 bits per heavy atom. The van der Waals surface area contributed by atoms with E-state index in [9.17, 15) is 23.1 Å². The summed E-state index contributed by atoms with van der Waals surface area (Å²) in [5, 5.41) is 23.1. The van der Waals surface area contributed by atoms with Crippen molar-refractivity contribution in [2.24, 2.45) is 5.73 Å². The number of aromatic amines is 2. The second-order valence-electron chi connectivity index (χ2n) is 10.1. The van der Waals surface area contributed by atoms with Gasteiger partial charge in [0.2, 0.25) is 10.0 Å². The van der Waals surface area contributed by atoms with Gasteiger partial charge in [0, 0.05) is 51.7 Å². The summed E-state index contributed by atoms with van der Waals surface area (Å²) in [4.78, 5) is 28.5. The predicted octanol–water partition coefficient (Wildman–Crippen LogP) is 4.62. The van der Waals surface area contributed by atoms with Crippen molar-refractivity contribution < 1.29 is 28.2 Å². The molecule has 0 spiro atoms. The number of carbonyl (C=O) groups is 2. The molecule has 0 radical (unpaired) electrons. The molecule has 3 aromatic carbocycles. The average Bonchev–Trinajstić information content (AvgIpc) is 3.71. The molecule has 0 saturated carbocycles. The molecular formula is C31H30N4O6S2. The van der Waals surface area contributed by atoms with E-state index in [-0.39, 0.29) is 12.2 Å². The topological polar surface area (TPSA) is 178 Å². The van der Waals surface area contributed by atoms with E-state index in [1.165, 1.54) is 0 Å². The number of rotatable bonds is 10. The number of nitrogens with two attached hydrogens (primary N) is 1. The standard InChI is InChI=1S/C20H18N2O4S2.C11H12N2O2/c23-20(24)18(10-15-11-21-17-4-2-1-3-16(15)17)22-28(25,26)12-13-5-6-19-14(9-13)7-8-27-19;12-9(11(14)15)5-7-6-13-10-4-2-1-3-8(7)10/h1-9,11,18,21-22H,10,12H2,(H,23,24);1-4,6,9,13H,5,12H2,(H,14,15)/t18-;9-/m11/s1. The van der Waals surface area contributed by atoms with Crippen LogP contribution in [0.2, 0.25) is 0 Å². The van der Waals surface area contributed by atoms with Gasteiger partial charge >= 0.3 is 11.9 Å². The highest BCUT2D eigenvalue weighted by molar-refractivity contribution is 7.88. The molecule has 3 heterocycles. The van der Waals surface area contributed by atoms with Gasteiger partial charge in [-0.1, -0.05) is 42.5 Å². The summed E-state index contributed by atoms with van der Waals surface area (Å²) >= 11 is 1.59. The van der Waals surface area contributed by atoms with Gasteiger partial charge in [-0.3, -0.25) is 9.59 Å². The van der Waals surface area contributed by atoms with E-state index < -0.39 is 34.0 Å². The maximum absolute atomic E-state index is 12.6. The molecule has 10 nitrogen and oxygen atoms in total. The van der Waals surface area contributed by atoms with Gasteiger partial charge < -0.3 is 25.9 Å². The van der Waals surface area contributed by atoms with Crippen LogP contribution in [-0.4, -0.2) is 52.6 Å². The number of benzene rings is 3. The van der Waals surface area contributed by atoms with E-state index in [1.807, 2.05) is 78.3 Å². The highest BCUT2D eigenvalue weighted by atomic mass is 32.2. The minimum atomic E-state index is -3.82. The maximum atomic E-state index is 12.6. The third kappa shape index (κ3) is 7.30.